The summed E-state index contributed by atoms with van der Waals surface area (Å²) in [6, 6.07) is 20.8. The third kappa shape index (κ3) is 6.39. The number of amides is 1. The molecule has 1 N–H and O–H groups in total. The van der Waals surface area contributed by atoms with Gasteiger partial charge in [0, 0.05) is 16.3 Å². The van der Waals surface area contributed by atoms with Crippen LogP contribution in [-0.4, -0.2) is 26.6 Å². The van der Waals surface area contributed by atoms with E-state index in [9.17, 15) is 13.2 Å². The number of carbonyl (C=O) groups is 1. The standard InChI is InChI=1S/C26H30N2O3S2/c1-18-11-12-19(2)25(15-18)28(33(5,30)31)21(4)26(29)27-24-14-13-22(16-20(24)3)17-32-23-9-7-6-8-10-23/h6-16,21H,17H2,1-5H3,(H,27,29)/t21-/m0/s1. The molecule has 0 bridgehead atoms. The van der Waals surface area contributed by atoms with E-state index in [1.54, 1.807) is 24.8 Å². The predicted molar refractivity (Wildman–Crippen MR) is 139 cm³/mol. The van der Waals surface area contributed by atoms with Crippen LogP contribution in [0.1, 0.15) is 29.2 Å². The molecule has 0 radical (unpaired) electrons. The summed E-state index contributed by atoms with van der Waals surface area (Å²) in [5.74, 6) is 0.445. The summed E-state index contributed by atoms with van der Waals surface area (Å²) in [6.45, 7) is 7.29. The summed E-state index contributed by atoms with van der Waals surface area (Å²) in [6.07, 6.45) is 1.13. The monoisotopic (exact) mass is 482 g/mol. The van der Waals surface area contributed by atoms with Gasteiger partial charge >= 0.3 is 0 Å². The molecular weight excluding hydrogens is 452 g/mol. The summed E-state index contributed by atoms with van der Waals surface area (Å²) >= 11 is 1.75. The van der Waals surface area contributed by atoms with E-state index in [0.717, 1.165) is 34.3 Å². The molecule has 0 aromatic heterocycles. The number of nitrogens with zero attached hydrogens (tertiary/aromatic N) is 1. The maximum atomic E-state index is 13.1. The van der Waals surface area contributed by atoms with Crippen molar-refractivity contribution in [1.29, 1.82) is 0 Å². The van der Waals surface area contributed by atoms with Gasteiger partial charge in [-0.05, 0) is 74.2 Å². The Morgan fingerprint density at radius 3 is 2.30 bits per heavy atom. The summed E-state index contributed by atoms with van der Waals surface area (Å²) in [4.78, 5) is 14.3. The highest BCUT2D eigenvalue weighted by Crippen LogP contribution is 2.28. The molecule has 0 aliphatic carbocycles. The third-order valence-electron chi connectivity index (χ3n) is 5.39. The first kappa shape index (κ1) is 24.9. The molecule has 3 rings (SSSR count). The van der Waals surface area contributed by atoms with Crippen molar-refractivity contribution >= 4 is 39.1 Å². The first-order valence-electron chi connectivity index (χ1n) is 10.7. The van der Waals surface area contributed by atoms with Crippen LogP contribution in [0.25, 0.3) is 0 Å². The fourth-order valence-electron chi connectivity index (χ4n) is 3.61. The van der Waals surface area contributed by atoms with Crippen molar-refractivity contribution in [2.75, 3.05) is 15.9 Å². The minimum absolute atomic E-state index is 0.379. The Morgan fingerprint density at radius 1 is 0.970 bits per heavy atom. The molecule has 174 valence electrons. The molecule has 0 fully saturated rings. The normalized spacial score (nSPS) is 12.3. The maximum Gasteiger partial charge on any atom is 0.248 e. The van der Waals surface area contributed by atoms with Crippen LogP contribution in [0, 0.1) is 20.8 Å². The van der Waals surface area contributed by atoms with Crippen LogP contribution >= 0.6 is 11.8 Å². The van der Waals surface area contributed by atoms with Gasteiger partial charge in [0.1, 0.15) is 6.04 Å². The van der Waals surface area contributed by atoms with Gasteiger partial charge in [0.25, 0.3) is 0 Å². The Balaban J connectivity index is 1.76. The van der Waals surface area contributed by atoms with E-state index in [1.165, 1.54) is 9.20 Å². The molecule has 0 aliphatic rings. The average molecular weight is 483 g/mol. The number of hydrogen-bond donors (Lipinski definition) is 1. The zero-order chi connectivity index (χ0) is 24.2. The highest BCUT2D eigenvalue weighted by molar-refractivity contribution is 7.98. The van der Waals surface area contributed by atoms with Crippen molar-refractivity contribution in [3.05, 3.63) is 89.0 Å². The topological polar surface area (TPSA) is 66.5 Å². The lowest BCUT2D eigenvalue weighted by molar-refractivity contribution is -0.116. The predicted octanol–water partition coefficient (Wildman–Crippen LogP) is 5.70. The largest absolute Gasteiger partial charge is 0.324 e. The summed E-state index contributed by atoms with van der Waals surface area (Å²) in [5.41, 5.74) is 5.00. The van der Waals surface area contributed by atoms with Gasteiger partial charge < -0.3 is 5.32 Å². The molecule has 3 aromatic carbocycles. The maximum absolute atomic E-state index is 13.1. The number of aryl methyl sites for hydroxylation is 3. The lowest BCUT2D eigenvalue weighted by Crippen LogP contribution is -2.45. The van der Waals surface area contributed by atoms with E-state index in [0.29, 0.717) is 11.4 Å². The molecule has 0 unspecified atom stereocenters. The Bertz CT molecular complexity index is 1240. The second-order valence-corrected chi connectivity index (χ2v) is 11.2. The van der Waals surface area contributed by atoms with Crippen LogP contribution in [0.4, 0.5) is 11.4 Å². The minimum atomic E-state index is -3.67. The molecule has 1 atom stereocenters. The molecule has 5 nitrogen and oxygen atoms in total. The summed E-state index contributed by atoms with van der Waals surface area (Å²) in [5, 5.41) is 2.92. The smallest absolute Gasteiger partial charge is 0.248 e. The average Bonchev–Trinajstić information content (AvgIpc) is 2.76. The van der Waals surface area contributed by atoms with Gasteiger partial charge in [0.05, 0.1) is 11.9 Å². The number of benzene rings is 3. The second-order valence-electron chi connectivity index (χ2n) is 8.26. The van der Waals surface area contributed by atoms with E-state index in [2.05, 4.69) is 23.5 Å². The number of sulfonamides is 1. The molecule has 0 saturated heterocycles. The summed E-state index contributed by atoms with van der Waals surface area (Å²) in [7, 11) is -3.67. The number of thioether (sulfide) groups is 1. The van der Waals surface area contributed by atoms with Gasteiger partial charge in [-0.2, -0.15) is 0 Å². The first-order chi connectivity index (χ1) is 15.6. The fourth-order valence-corrected chi connectivity index (χ4v) is 5.70. The van der Waals surface area contributed by atoms with Gasteiger partial charge in [0.15, 0.2) is 0 Å². The van der Waals surface area contributed by atoms with Crippen molar-refractivity contribution in [2.24, 2.45) is 0 Å². The molecule has 0 heterocycles. The van der Waals surface area contributed by atoms with Gasteiger partial charge in [-0.15, -0.1) is 11.8 Å². The van der Waals surface area contributed by atoms with E-state index < -0.39 is 16.1 Å². The molecule has 1 amide bonds. The van der Waals surface area contributed by atoms with Crippen LogP contribution in [0.15, 0.2) is 71.6 Å². The van der Waals surface area contributed by atoms with Crippen LogP contribution in [0.2, 0.25) is 0 Å². The highest BCUT2D eigenvalue weighted by Gasteiger charge is 2.30. The highest BCUT2D eigenvalue weighted by atomic mass is 32.2. The van der Waals surface area contributed by atoms with Gasteiger partial charge in [-0.3, -0.25) is 9.10 Å². The van der Waals surface area contributed by atoms with Gasteiger partial charge in [0.2, 0.25) is 15.9 Å². The number of rotatable bonds is 8. The van der Waals surface area contributed by atoms with E-state index in [4.69, 9.17) is 0 Å². The van der Waals surface area contributed by atoms with E-state index in [1.807, 2.05) is 63.2 Å². The Hall–Kier alpha value is -2.77. The first-order valence-corrected chi connectivity index (χ1v) is 13.5. The number of carbonyl (C=O) groups excluding carboxylic acids is 1. The van der Waals surface area contributed by atoms with Crippen LogP contribution < -0.4 is 9.62 Å². The lowest BCUT2D eigenvalue weighted by Gasteiger charge is -2.30. The minimum Gasteiger partial charge on any atom is -0.324 e. The fraction of sp³-hybridized carbons (Fsp3) is 0.269. The SMILES string of the molecule is Cc1ccc(C)c(N([C@@H](C)C(=O)Nc2ccc(CSc3ccccc3)cc2C)S(C)(=O)=O)c1. The second kappa shape index (κ2) is 10.4. The Labute approximate surface area is 201 Å². The quantitative estimate of drug-likeness (QED) is 0.419. The molecule has 0 aliphatic heterocycles. The number of hydrogen-bond acceptors (Lipinski definition) is 4. The van der Waals surface area contributed by atoms with Crippen molar-refractivity contribution in [1.82, 2.24) is 0 Å². The molecular formula is C26H30N2O3S2. The third-order valence-corrected chi connectivity index (χ3v) is 7.70. The molecule has 0 saturated carbocycles. The Morgan fingerprint density at radius 2 is 1.67 bits per heavy atom. The van der Waals surface area contributed by atoms with Crippen LogP contribution in [-0.2, 0) is 20.6 Å². The van der Waals surface area contributed by atoms with Gasteiger partial charge in [-0.25, -0.2) is 8.42 Å². The molecule has 3 aromatic rings. The molecule has 0 spiro atoms. The number of nitrogens with one attached hydrogen (secondary N) is 1. The lowest BCUT2D eigenvalue weighted by atomic mass is 10.1. The zero-order valence-corrected chi connectivity index (χ0v) is 21.3. The van der Waals surface area contributed by atoms with E-state index >= 15 is 0 Å². The van der Waals surface area contributed by atoms with Crippen molar-refractivity contribution in [3.63, 3.8) is 0 Å². The zero-order valence-electron chi connectivity index (χ0n) is 19.6. The molecule has 7 heteroatoms. The van der Waals surface area contributed by atoms with Crippen LogP contribution in [0.5, 0.6) is 0 Å². The van der Waals surface area contributed by atoms with Crippen molar-refractivity contribution in [2.45, 2.75) is 44.4 Å². The summed E-state index contributed by atoms with van der Waals surface area (Å²) < 4.78 is 26.5. The van der Waals surface area contributed by atoms with E-state index in [-0.39, 0.29) is 5.91 Å². The van der Waals surface area contributed by atoms with Crippen molar-refractivity contribution < 1.29 is 13.2 Å². The van der Waals surface area contributed by atoms with Crippen molar-refractivity contribution in [3.8, 4) is 0 Å². The van der Waals surface area contributed by atoms with Crippen LogP contribution in [0.3, 0.4) is 0 Å². The molecule has 33 heavy (non-hydrogen) atoms. The number of anilines is 2. The Kier molecular flexibility index (Phi) is 7.87. The van der Waals surface area contributed by atoms with Gasteiger partial charge in [-0.1, -0.05) is 42.5 Å².